The Labute approximate surface area is 145 Å². The van der Waals surface area contributed by atoms with Crippen LogP contribution in [0.2, 0.25) is 0 Å². The zero-order valence-corrected chi connectivity index (χ0v) is 14.4. The summed E-state index contributed by atoms with van der Waals surface area (Å²) < 4.78 is 2.01. The van der Waals surface area contributed by atoms with Gasteiger partial charge in [-0.15, -0.1) is 11.3 Å². The van der Waals surface area contributed by atoms with Crippen molar-refractivity contribution in [3.63, 3.8) is 0 Å². The molecular weight excluding hydrogens is 318 g/mol. The van der Waals surface area contributed by atoms with Crippen molar-refractivity contribution < 1.29 is 4.79 Å². The van der Waals surface area contributed by atoms with Gasteiger partial charge in [0.05, 0.1) is 0 Å². The number of amides is 1. The Bertz CT molecular complexity index is 863. The molecule has 5 heteroatoms. The average Bonchev–Trinajstić information content (AvgIpc) is 3.03. The van der Waals surface area contributed by atoms with Gasteiger partial charge in [0.2, 0.25) is 5.91 Å². The highest BCUT2D eigenvalue weighted by molar-refractivity contribution is 7.07. The van der Waals surface area contributed by atoms with Crippen LogP contribution in [0.1, 0.15) is 23.1 Å². The molecule has 0 atom stereocenters. The maximum atomic E-state index is 12.1. The predicted octanol–water partition coefficient (Wildman–Crippen LogP) is 3.36. The van der Waals surface area contributed by atoms with Gasteiger partial charge in [-0.25, -0.2) is 0 Å². The van der Waals surface area contributed by atoms with E-state index < -0.39 is 0 Å². The first-order valence-corrected chi connectivity index (χ1v) is 8.74. The van der Waals surface area contributed by atoms with Crippen molar-refractivity contribution in [2.24, 2.45) is 4.99 Å². The molecule has 2 aromatic heterocycles. The highest BCUT2D eigenvalue weighted by Crippen LogP contribution is 2.06. The number of carbonyl (C=O) groups is 1. The smallest absolute Gasteiger partial charge is 0.248 e. The zero-order chi connectivity index (χ0) is 16.8. The second-order valence-corrected chi connectivity index (χ2v) is 6.54. The molecule has 4 nitrogen and oxygen atoms in total. The third-order valence-electron chi connectivity index (χ3n) is 3.70. The summed E-state index contributed by atoms with van der Waals surface area (Å²) in [5.74, 6) is -0.0982. The maximum Gasteiger partial charge on any atom is 0.248 e. The van der Waals surface area contributed by atoms with Gasteiger partial charge in [-0.05, 0) is 30.5 Å². The number of hydrogen-bond donors (Lipinski definition) is 0. The normalized spacial score (nSPS) is 11.6. The SMILES string of the molecule is Cc1ccc(Cn2ccsc2=NC(=O)CCc2cccnc2)cc1. The van der Waals surface area contributed by atoms with Crippen molar-refractivity contribution in [3.8, 4) is 0 Å². The van der Waals surface area contributed by atoms with E-state index in [2.05, 4.69) is 41.2 Å². The van der Waals surface area contributed by atoms with E-state index in [0.717, 1.165) is 16.9 Å². The van der Waals surface area contributed by atoms with E-state index in [-0.39, 0.29) is 5.91 Å². The Morgan fingerprint density at radius 1 is 1.21 bits per heavy atom. The molecule has 0 bridgehead atoms. The number of aromatic nitrogens is 2. The van der Waals surface area contributed by atoms with E-state index in [9.17, 15) is 4.79 Å². The van der Waals surface area contributed by atoms with Crippen molar-refractivity contribution in [2.75, 3.05) is 0 Å². The topological polar surface area (TPSA) is 47.2 Å². The third kappa shape index (κ3) is 4.49. The van der Waals surface area contributed by atoms with E-state index >= 15 is 0 Å². The fourth-order valence-corrected chi connectivity index (χ4v) is 3.10. The van der Waals surface area contributed by atoms with Crippen LogP contribution in [0.4, 0.5) is 0 Å². The second kappa shape index (κ2) is 7.84. The quantitative estimate of drug-likeness (QED) is 0.717. The van der Waals surface area contributed by atoms with Gasteiger partial charge < -0.3 is 4.57 Å². The Morgan fingerprint density at radius 2 is 2.04 bits per heavy atom. The minimum Gasteiger partial charge on any atom is -0.319 e. The summed E-state index contributed by atoms with van der Waals surface area (Å²) in [6.07, 6.45) is 6.55. The van der Waals surface area contributed by atoms with Crippen molar-refractivity contribution in [1.82, 2.24) is 9.55 Å². The largest absolute Gasteiger partial charge is 0.319 e. The van der Waals surface area contributed by atoms with Crippen LogP contribution < -0.4 is 4.80 Å². The Balaban J connectivity index is 1.68. The summed E-state index contributed by atoms with van der Waals surface area (Å²) in [5, 5.41) is 1.96. The first-order chi connectivity index (χ1) is 11.7. The molecular formula is C19H19N3OS. The van der Waals surface area contributed by atoms with Crippen LogP contribution in [0, 0.1) is 6.92 Å². The zero-order valence-electron chi connectivity index (χ0n) is 13.6. The lowest BCUT2D eigenvalue weighted by molar-refractivity contribution is -0.118. The van der Waals surface area contributed by atoms with Gasteiger partial charge in [-0.2, -0.15) is 4.99 Å². The number of rotatable bonds is 5. The molecule has 0 unspecified atom stereocenters. The molecule has 24 heavy (non-hydrogen) atoms. The van der Waals surface area contributed by atoms with Crippen LogP contribution in [0.3, 0.4) is 0 Å². The highest BCUT2D eigenvalue weighted by atomic mass is 32.1. The summed E-state index contributed by atoms with van der Waals surface area (Å²) in [4.78, 5) is 21.2. The monoisotopic (exact) mass is 337 g/mol. The molecule has 0 aliphatic carbocycles. The first kappa shape index (κ1) is 16.3. The number of carbonyl (C=O) groups excluding carboxylic acids is 1. The number of thiazole rings is 1. The van der Waals surface area contributed by atoms with Crippen LogP contribution in [0.25, 0.3) is 0 Å². The molecule has 0 N–H and O–H groups in total. The molecule has 122 valence electrons. The van der Waals surface area contributed by atoms with Crippen molar-refractivity contribution in [2.45, 2.75) is 26.3 Å². The first-order valence-electron chi connectivity index (χ1n) is 7.86. The van der Waals surface area contributed by atoms with Gasteiger partial charge >= 0.3 is 0 Å². The summed E-state index contributed by atoms with van der Waals surface area (Å²) in [6.45, 7) is 2.79. The molecule has 0 aliphatic rings. The molecule has 0 spiro atoms. The third-order valence-corrected chi connectivity index (χ3v) is 4.50. The van der Waals surface area contributed by atoms with Crippen LogP contribution in [-0.2, 0) is 17.8 Å². The van der Waals surface area contributed by atoms with Crippen molar-refractivity contribution in [1.29, 1.82) is 0 Å². The van der Waals surface area contributed by atoms with E-state index in [4.69, 9.17) is 0 Å². The number of hydrogen-bond acceptors (Lipinski definition) is 3. The molecule has 0 fully saturated rings. The lowest BCUT2D eigenvalue weighted by Gasteiger charge is -2.04. The van der Waals surface area contributed by atoms with E-state index in [0.29, 0.717) is 12.8 Å². The predicted molar refractivity (Wildman–Crippen MR) is 95.7 cm³/mol. The lowest BCUT2D eigenvalue weighted by atomic mass is 10.1. The highest BCUT2D eigenvalue weighted by Gasteiger charge is 2.03. The second-order valence-electron chi connectivity index (χ2n) is 5.67. The molecule has 0 saturated heterocycles. The fraction of sp³-hybridized carbons (Fsp3) is 0.211. The Hall–Kier alpha value is -2.53. The van der Waals surface area contributed by atoms with E-state index in [1.165, 1.54) is 22.5 Å². The minimum atomic E-state index is -0.0982. The maximum absolute atomic E-state index is 12.1. The molecule has 1 amide bonds. The summed E-state index contributed by atoms with van der Waals surface area (Å²) in [7, 11) is 0. The molecule has 3 aromatic rings. The van der Waals surface area contributed by atoms with E-state index in [1.54, 1.807) is 12.4 Å². The van der Waals surface area contributed by atoms with Gasteiger partial charge in [0.15, 0.2) is 4.80 Å². The van der Waals surface area contributed by atoms with E-state index in [1.807, 2.05) is 28.3 Å². The summed E-state index contributed by atoms with van der Waals surface area (Å²) in [6, 6.07) is 12.3. The van der Waals surface area contributed by atoms with Crippen molar-refractivity contribution >= 4 is 17.2 Å². The van der Waals surface area contributed by atoms with Gasteiger partial charge in [-0.3, -0.25) is 9.78 Å². The average molecular weight is 337 g/mol. The van der Waals surface area contributed by atoms with Crippen molar-refractivity contribution in [3.05, 3.63) is 81.9 Å². The lowest BCUT2D eigenvalue weighted by Crippen LogP contribution is -2.17. The van der Waals surface area contributed by atoms with Gasteiger partial charge in [0.1, 0.15) is 0 Å². The van der Waals surface area contributed by atoms with Gasteiger partial charge in [0, 0.05) is 36.9 Å². The molecule has 1 aromatic carbocycles. The molecule has 0 radical (unpaired) electrons. The molecule has 3 rings (SSSR count). The van der Waals surface area contributed by atoms with Gasteiger partial charge in [-0.1, -0.05) is 35.9 Å². The van der Waals surface area contributed by atoms with Crippen LogP contribution in [0.15, 0.2) is 65.4 Å². The van der Waals surface area contributed by atoms with Crippen LogP contribution >= 0.6 is 11.3 Å². The Kier molecular flexibility index (Phi) is 5.33. The van der Waals surface area contributed by atoms with Crippen LogP contribution in [-0.4, -0.2) is 15.5 Å². The Morgan fingerprint density at radius 3 is 2.79 bits per heavy atom. The molecule has 2 heterocycles. The number of pyridine rings is 1. The standard InChI is InChI=1S/C19H19N3OS/c1-15-4-6-17(7-5-15)14-22-11-12-24-19(22)21-18(23)9-8-16-3-2-10-20-13-16/h2-7,10-13H,8-9,14H2,1H3. The number of benzene rings is 1. The fourth-order valence-electron chi connectivity index (χ4n) is 2.36. The molecule has 0 saturated carbocycles. The number of aryl methyl sites for hydroxylation is 2. The molecule has 0 aliphatic heterocycles. The minimum absolute atomic E-state index is 0.0982. The number of nitrogens with zero attached hydrogens (tertiary/aromatic N) is 3. The summed E-state index contributed by atoms with van der Waals surface area (Å²) in [5.41, 5.74) is 3.49. The summed E-state index contributed by atoms with van der Waals surface area (Å²) >= 11 is 1.49. The van der Waals surface area contributed by atoms with Crippen LogP contribution in [0.5, 0.6) is 0 Å². The van der Waals surface area contributed by atoms with Gasteiger partial charge in [0.25, 0.3) is 0 Å².